The number of rotatable bonds is 43. The highest BCUT2D eigenvalue weighted by atomic mass is 31.2. The molecule has 0 aromatic carbocycles. The number of allylic oxidation sites excluding steroid dienone is 19. The third-order valence-electron chi connectivity index (χ3n) is 9.54. The lowest BCUT2D eigenvalue weighted by Crippen LogP contribution is -2.37. The molecule has 0 aliphatic heterocycles. The summed E-state index contributed by atoms with van der Waals surface area (Å²) < 4.78 is 34.5. The molecule has 0 rings (SSSR count). The van der Waals surface area contributed by atoms with Gasteiger partial charge in [0.25, 0.3) is 7.82 Å². The van der Waals surface area contributed by atoms with E-state index < -0.39 is 19.9 Å². The molecule has 0 saturated carbocycles. The van der Waals surface area contributed by atoms with Crippen molar-refractivity contribution in [1.29, 1.82) is 0 Å². The van der Waals surface area contributed by atoms with Crippen molar-refractivity contribution in [2.75, 3.05) is 54.1 Å². The standard InChI is InChI=1S/C54H90NO7P/c1-6-8-10-12-14-16-18-20-22-23-24-25-26-27-28-29-30-31-32-34-36-38-40-42-44-46-49-59-51-53(52-61-63(57,58)60-50-48-55(3,4)5)62-54(56)47-45-43-41-39-37-35-33-21-19-17-15-13-11-9-7-2/h8-11,14-17,20-22,24-25,27-28,33,37,39,43,45,53H,6-7,12-13,18-19,23,26,29-32,34-36,38,40-42,44,46-52H2,1-5H3/b10-8-,11-9-,16-14-,17-15-,22-20-,25-24-,28-27-,33-21-,39-37-,45-43-. The molecule has 0 N–H and O–H groups in total. The van der Waals surface area contributed by atoms with E-state index in [0.717, 1.165) is 77.0 Å². The first-order chi connectivity index (χ1) is 30.6. The van der Waals surface area contributed by atoms with E-state index in [1.54, 1.807) is 6.08 Å². The average molecular weight is 896 g/mol. The van der Waals surface area contributed by atoms with Crippen LogP contribution in [0.1, 0.15) is 155 Å². The van der Waals surface area contributed by atoms with Gasteiger partial charge in [-0.25, -0.2) is 0 Å². The molecule has 0 aliphatic carbocycles. The van der Waals surface area contributed by atoms with Crippen LogP contribution in [0.25, 0.3) is 0 Å². The molecular weight excluding hydrogens is 806 g/mol. The summed E-state index contributed by atoms with van der Waals surface area (Å²) in [4.78, 5) is 25.0. The first-order valence-electron chi connectivity index (χ1n) is 24.3. The maximum Gasteiger partial charge on any atom is 0.310 e. The van der Waals surface area contributed by atoms with Gasteiger partial charge in [-0.05, 0) is 83.5 Å². The Morgan fingerprint density at radius 2 is 0.873 bits per heavy atom. The van der Waals surface area contributed by atoms with Crippen molar-refractivity contribution < 1.29 is 37.3 Å². The number of phosphoric ester groups is 1. The third kappa shape index (κ3) is 49.8. The molecule has 0 heterocycles. The Balaban J connectivity index is 4.25. The summed E-state index contributed by atoms with van der Waals surface area (Å²) in [6, 6.07) is 0. The third-order valence-corrected chi connectivity index (χ3v) is 10.5. The van der Waals surface area contributed by atoms with Crippen LogP contribution in [0.4, 0.5) is 0 Å². The number of carbonyl (C=O) groups excluding carboxylic acids is 1. The number of unbranched alkanes of at least 4 members (excludes halogenated alkanes) is 10. The Kier molecular flexibility index (Phi) is 43.2. The Bertz CT molecular complexity index is 1410. The lowest BCUT2D eigenvalue weighted by atomic mass is 10.1. The summed E-state index contributed by atoms with van der Waals surface area (Å²) >= 11 is 0. The molecule has 0 saturated heterocycles. The number of quaternary nitrogens is 1. The normalized spacial score (nSPS) is 14.7. The van der Waals surface area contributed by atoms with Crippen LogP contribution in [0, 0.1) is 0 Å². The Hall–Kier alpha value is -3.10. The topological polar surface area (TPSA) is 94.1 Å². The van der Waals surface area contributed by atoms with Gasteiger partial charge in [-0.15, -0.1) is 0 Å². The molecule has 8 nitrogen and oxygen atoms in total. The van der Waals surface area contributed by atoms with E-state index in [1.807, 2.05) is 27.2 Å². The first kappa shape index (κ1) is 59.9. The molecule has 0 radical (unpaired) electrons. The van der Waals surface area contributed by atoms with Crippen LogP contribution < -0.4 is 4.89 Å². The molecule has 9 heteroatoms. The Labute approximate surface area is 386 Å². The Morgan fingerprint density at radius 3 is 1.30 bits per heavy atom. The zero-order chi connectivity index (χ0) is 46.2. The van der Waals surface area contributed by atoms with E-state index in [0.29, 0.717) is 24.1 Å². The fourth-order valence-corrected chi connectivity index (χ4v) is 6.61. The molecule has 0 spiro atoms. The second-order valence-electron chi connectivity index (χ2n) is 16.7. The molecule has 2 atom stereocenters. The predicted molar refractivity (Wildman–Crippen MR) is 267 cm³/mol. The smallest absolute Gasteiger partial charge is 0.310 e. The van der Waals surface area contributed by atoms with Gasteiger partial charge in [0, 0.05) is 6.61 Å². The van der Waals surface area contributed by atoms with E-state index >= 15 is 0 Å². The van der Waals surface area contributed by atoms with Crippen LogP contribution >= 0.6 is 7.82 Å². The molecule has 0 fully saturated rings. The minimum atomic E-state index is -4.56. The van der Waals surface area contributed by atoms with E-state index in [-0.39, 0.29) is 26.2 Å². The fourth-order valence-electron chi connectivity index (χ4n) is 5.88. The summed E-state index contributed by atoms with van der Waals surface area (Å²) in [5.74, 6) is -0.467. The fraction of sp³-hybridized carbons (Fsp3) is 0.611. The summed E-state index contributed by atoms with van der Waals surface area (Å²) in [6.45, 7) is 5.00. The minimum Gasteiger partial charge on any atom is -0.756 e. The predicted octanol–water partition coefficient (Wildman–Crippen LogP) is 14.3. The van der Waals surface area contributed by atoms with Gasteiger partial charge in [-0.1, -0.05) is 187 Å². The molecule has 0 aromatic rings. The average Bonchev–Trinajstić information content (AvgIpc) is 3.24. The maximum absolute atomic E-state index is 12.6. The molecule has 0 aromatic heterocycles. The second-order valence-corrected chi connectivity index (χ2v) is 18.1. The lowest BCUT2D eigenvalue weighted by molar-refractivity contribution is -0.870. The second kappa shape index (κ2) is 45.5. The number of likely N-dealkylation sites (N-methyl/N-ethyl adjacent to an activating group) is 1. The van der Waals surface area contributed by atoms with E-state index in [1.165, 1.54) is 51.4 Å². The summed E-state index contributed by atoms with van der Waals surface area (Å²) in [6.07, 6.45) is 65.4. The van der Waals surface area contributed by atoms with Crippen molar-refractivity contribution in [3.8, 4) is 0 Å². The van der Waals surface area contributed by atoms with Crippen molar-refractivity contribution in [3.05, 3.63) is 122 Å². The first-order valence-corrected chi connectivity index (χ1v) is 25.7. The van der Waals surface area contributed by atoms with Gasteiger partial charge >= 0.3 is 5.97 Å². The molecule has 0 amide bonds. The SMILES string of the molecule is CC/C=C\C/C=C\C/C=C\C/C=C\C/C=C\CCCCCCCCCCCCOCC(COP(=O)([O-])OCC[N+](C)(C)C)OC(=O)C/C=C\C/C=C\C/C=C\C/C=C\C/C=C\CC. The van der Waals surface area contributed by atoms with Crippen molar-refractivity contribution in [1.82, 2.24) is 0 Å². The molecule has 0 bridgehead atoms. The van der Waals surface area contributed by atoms with E-state index in [4.69, 9.17) is 18.5 Å². The van der Waals surface area contributed by atoms with Gasteiger partial charge in [-0.3, -0.25) is 9.36 Å². The number of ether oxygens (including phenoxy) is 2. The maximum atomic E-state index is 12.6. The van der Waals surface area contributed by atoms with Crippen LogP contribution in [0.15, 0.2) is 122 Å². The quantitative estimate of drug-likeness (QED) is 0.0198. The van der Waals surface area contributed by atoms with Gasteiger partial charge in [0.15, 0.2) is 0 Å². The van der Waals surface area contributed by atoms with Crippen molar-refractivity contribution in [2.24, 2.45) is 0 Å². The zero-order valence-electron chi connectivity index (χ0n) is 40.5. The van der Waals surface area contributed by atoms with E-state index in [2.05, 4.69) is 123 Å². The summed E-state index contributed by atoms with van der Waals surface area (Å²) in [5, 5.41) is 0. The minimum absolute atomic E-state index is 0.00172. The molecule has 2 unspecified atom stereocenters. The largest absolute Gasteiger partial charge is 0.756 e. The van der Waals surface area contributed by atoms with Crippen molar-refractivity contribution in [2.45, 2.75) is 161 Å². The van der Waals surface area contributed by atoms with Gasteiger partial charge in [0.05, 0.1) is 40.8 Å². The number of carbonyl (C=O) groups is 1. The molecule has 0 aliphatic rings. The molecule has 358 valence electrons. The summed E-state index contributed by atoms with van der Waals surface area (Å²) in [5.41, 5.74) is 0. The number of phosphoric acid groups is 1. The van der Waals surface area contributed by atoms with Gasteiger partial charge < -0.3 is 27.9 Å². The highest BCUT2D eigenvalue weighted by Crippen LogP contribution is 2.38. The van der Waals surface area contributed by atoms with Gasteiger partial charge in [0.2, 0.25) is 0 Å². The van der Waals surface area contributed by atoms with Crippen LogP contribution in [0.3, 0.4) is 0 Å². The Morgan fingerprint density at radius 1 is 0.492 bits per heavy atom. The molecule has 63 heavy (non-hydrogen) atoms. The zero-order valence-corrected chi connectivity index (χ0v) is 41.4. The van der Waals surface area contributed by atoms with Gasteiger partial charge in [-0.2, -0.15) is 0 Å². The van der Waals surface area contributed by atoms with Crippen LogP contribution in [-0.2, 0) is 27.9 Å². The van der Waals surface area contributed by atoms with Gasteiger partial charge in [0.1, 0.15) is 19.3 Å². The monoisotopic (exact) mass is 896 g/mol. The summed E-state index contributed by atoms with van der Waals surface area (Å²) in [7, 11) is 1.28. The number of hydrogen-bond acceptors (Lipinski definition) is 7. The lowest BCUT2D eigenvalue weighted by Gasteiger charge is -2.28. The van der Waals surface area contributed by atoms with Crippen LogP contribution in [-0.4, -0.2) is 70.7 Å². The highest BCUT2D eigenvalue weighted by molar-refractivity contribution is 7.45. The number of esters is 1. The number of nitrogens with zero attached hydrogens (tertiary/aromatic N) is 1. The highest BCUT2D eigenvalue weighted by Gasteiger charge is 2.20. The van der Waals surface area contributed by atoms with E-state index in [9.17, 15) is 14.3 Å². The molecular formula is C54H90NO7P. The van der Waals surface area contributed by atoms with Crippen molar-refractivity contribution in [3.63, 3.8) is 0 Å². The van der Waals surface area contributed by atoms with Crippen molar-refractivity contribution >= 4 is 13.8 Å². The van der Waals surface area contributed by atoms with Crippen LogP contribution in [0.5, 0.6) is 0 Å². The number of hydrogen-bond donors (Lipinski definition) is 0. The van der Waals surface area contributed by atoms with Crippen LogP contribution in [0.2, 0.25) is 0 Å².